The number of rotatable bonds is 10. The molecule has 2 amide bonds. The third kappa shape index (κ3) is 6.49. The third-order valence-electron chi connectivity index (χ3n) is 7.59. The topological polar surface area (TPSA) is 163 Å². The largest absolute Gasteiger partial charge is 0.490 e. The Hall–Kier alpha value is -4.44. The number of aliphatic hydroxyl groups is 1. The minimum absolute atomic E-state index is 0.0294. The average Bonchev–Trinajstić information content (AvgIpc) is 2.90. The highest BCUT2D eigenvalue weighted by molar-refractivity contribution is 6.18. The van der Waals surface area contributed by atoms with Crippen molar-refractivity contribution in [3.63, 3.8) is 0 Å². The Morgan fingerprint density at radius 2 is 1.83 bits per heavy atom. The van der Waals surface area contributed by atoms with E-state index in [2.05, 4.69) is 15.3 Å². The second-order valence-corrected chi connectivity index (χ2v) is 11.6. The Bertz CT molecular complexity index is 1440. The summed E-state index contributed by atoms with van der Waals surface area (Å²) in [7, 11) is 0. The van der Waals surface area contributed by atoms with Crippen molar-refractivity contribution in [3.05, 3.63) is 78.5 Å². The number of nitrogens with one attached hydrogen (secondary N) is 1. The van der Waals surface area contributed by atoms with Gasteiger partial charge in [0.25, 0.3) is 11.8 Å². The van der Waals surface area contributed by atoms with Crippen molar-refractivity contribution >= 4 is 17.4 Å². The second-order valence-electron chi connectivity index (χ2n) is 11.6. The smallest absolute Gasteiger partial charge is 0.255 e. The molecule has 0 saturated heterocycles. The lowest BCUT2D eigenvalue weighted by molar-refractivity contribution is -0.122. The van der Waals surface area contributed by atoms with Gasteiger partial charge in [0.1, 0.15) is 18.1 Å². The molecule has 10 heteroatoms. The molecule has 2 saturated carbocycles. The molecule has 10 nitrogen and oxygen atoms in total. The summed E-state index contributed by atoms with van der Waals surface area (Å²) in [5.74, 6) is 0.160. The minimum atomic E-state index is -0.967. The number of aromatic nitrogens is 2. The Morgan fingerprint density at radius 1 is 1.10 bits per heavy atom. The van der Waals surface area contributed by atoms with Crippen molar-refractivity contribution in [2.45, 2.75) is 57.3 Å². The van der Waals surface area contributed by atoms with Crippen molar-refractivity contribution in [3.8, 4) is 22.6 Å². The number of carbonyl (C=O) groups is 2. The van der Waals surface area contributed by atoms with Crippen LogP contribution in [0.2, 0.25) is 0 Å². The van der Waals surface area contributed by atoms with E-state index in [1.54, 1.807) is 44.4 Å². The molecule has 2 aliphatic rings. The molecular formula is C31H35N5O5. The summed E-state index contributed by atoms with van der Waals surface area (Å²) >= 11 is 0. The van der Waals surface area contributed by atoms with Crippen LogP contribution in [0.1, 0.15) is 55.6 Å². The number of hydrogen-bond acceptors (Lipinski definition) is 8. The molecule has 1 aromatic carbocycles. The van der Waals surface area contributed by atoms with Crippen LogP contribution in [0.5, 0.6) is 11.5 Å². The molecule has 0 aliphatic heterocycles. The number of ether oxygens (including phenoxy) is 2. The summed E-state index contributed by atoms with van der Waals surface area (Å²) in [6.07, 6.45) is 9.52. The van der Waals surface area contributed by atoms with Crippen LogP contribution in [0.25, 0.3) is 16.7 Å². The summed E-state index contributed by atoms with van der Waals surface area (Å²) in [6.45, 7) is 3.42. The molecule has 6 N–H and O–H groups in total. The Balaban J connectivity index is 1.13. The molecule has 0 bridgehead atoms. The summed E-state index contributed by atoms with van der Waals surface area (Å²) in [6, 6.07) is 12.6. The van der Waals surface area contributed by atoms with Crippen LogP contribution >= 0.6 is 0 Å². The van der Waals surface area contributed by atoms with Gasteiger partial charge in [0.2, 0.25) is 0 Å². The van der Waals surface area contributed by atoms with Gasteiger partial charge in [0.05, 0.1) is 34.7 Å². The van der Waals surface area contributed by atoms with Gasteiger partial charge >= 0.3 is 0 Å². The maximum absolute atomic E-state index is 13.0. The number of carbonyl (C=O) groups excluding carboxylic acids is 2. The van der Waals surface area contributed by atoms with Gasteiger partial charge in [-0.05, 0) is 92.5 Å². The lowest BCUT2D eigenvalue weighted by Gasteiger charge is -2.57. The van der Waals surface area contributed by atoms with E-state index in [9.17, 15) is 14.7 Å². The van der Waals surface area contributed by atoms with E-state index in [1.807, 2.05) is 24.3 Å². The van der Waals surface area contributed by atoms with E-state index in [1.165, 1.54) is 12.4 Å². The van der Waals surface area contributed by atoms with E-state index in [0.717, 1.165) is 36.8 Å². The van der Waals surface area contributed by atoms with Crippen molar-refractivity contribution < 1.29 is 24.2 Å². The number of primary amides is 1. The SMILES string of the molecule is CC(C)(O)COc1ccc(C(=CN)C(=O)NC2CC3(C2)CC(Oc2cc(-c4ccncc4)ccc2C(N)=O)C3)nc1. The number of hydrogen-bond donors (Lipinski definition) is 4. The van der Waals surface area contributed by atoms with Gasteiger partial charge in [-0.25, -0.2) is 0 Å². The Kier molecular flexibility index (Phi) is 7.68. The number of pyridine rings is 2. The first kappa shape index (κ1) is 28.1. The van der Waals surface area contributed by atoms with E-state index in [4.69, 9.17) is 20.9 Å². The van der Waals surface area contributed by atoms with Gasteiger partial charge in [0, 0.05) is 24.6 Å². The van der Waals surface area contributed by atoms with E-state index in [0.29, 0.717) is 22.8 Å². The zero-order valence-electron chi connectivity index (χ0n) is 23.2. The maximum Gasteiger partial charge on any atom is 0.255 e. The fraction of sp³-hybridized carbons (Fsp3) is 0.355. The molecule has 41 heavy (non-hydrogen) atoms. The lowest BCUT2D eigenvalue weighted by Crippen LogP contribution is -2.58. The molecule has 5 rings (SSSR count). The van der Waals surface area contributed by atoms with E-state index < -0.39 is 11.5 Å². The lowest BCUT2D eigenvalue weighted by atomic mass is 9.53. The molecule has 2 aliphatic carbocycles. The van der Waals surface area contributed by atoms with Gasteiger partial charge in [-0.1, -0.05) is 6.07 Å². The zero-order chi connectivity index (χ0) is 29.2. The van der Waals surface area contributed by atoms with Gasteiger partial charge < -0.3 is 31.4 Å². The van der Waals surface area contributed by atoms with Crippen LogP contribution in [0.4, 0.5) is 0 Å². The first-order valence-electron chi connectivity index (χ1n) is 13.6. The van der Waals surface area contributed by atoms with Gasteiger partial charge in [-0.2, -0.15) is 0 Å². The highest BCUT2D eigenvalue weighted by Crippen LogP contribution is 2.57. The van der Waals surface area contributed by atoms with Crippen molar-refractivity contribution in [1.29, 1.82) is 0 Å². The van der Waals surface area contributed by atoms with Gasteiger partial charge in [-0.15, -0.1) is 0 Å². The molecule has 0 radical (unpaired) electrons. The third-order valence-corrected chi connectivity index (χ3v) is 7.59. The van der Waals surface area contributed by atoms with Crippen LogP contribution in [-0.2, 0) is 4.79 Å². The van der Waals surface area contributed by atoms with E-state index in [-0.39, 0.29) is 35.6 Å². The first-order valence-corrected chi connectivity index (χ1v) is 13.6. The fourth-order valence-corrected chi connectivity index (χ4v) is 5.56. The van der Waals surface area contributed by atoms with Crippen molar-refractivity contribution in [2.24, 2.45) is 16.9 Å². The first-order chi connectivity index (χ1) is 19.5. The number of benzene rings is 1. The molecule has 1 spiro atoms. The standard InChI is InChI=1S/C31H35N5O5/c1-30(2,39)18-40-22-4-6-26(35-17-22)25(16-32)29(38)36-21-12-31(13-21)14-23(15-31)41-27-11-20(3-5-24(27)28(33)37)19-7-9-34-10-8-19/h3-11,16-17,21,23,39H,12-15,18,32H2,1-2H3,(H2,33,37)(H,36,38). The number of amides is 2. The molecule has 3 aromatic rings. The number of nitrogens with two attached hydrogens (primary N) is 2. The van der Waals surface area contributed by atoms with Crippen LogP contribution in [0, 0.1) is 5.41 Å². The quantitative estimate of drug-likeness (QED) is 0.276. The van der Waals surface area contributed by atoms with Gasteiger partial charge in [0.15, 0.2) is 0 Å². The highest BCUT2D eigenvalue weighted by Gasteiger charge is 2.54. The molecule has 2 fully saturated rings. The van der Waals surface area contributed by atoms with Crippen LogP contribution < -0.4 is 26.3 Å². The Labute approximate surface area is 238 Å². The normalized spacial score (nSPS) is 21.9. The molecular weight excluding hydrogens is 522 g/mol. The summed E-state index contributed by atoms with van der Waals surface area (Å²) < 4.78 is 11.8. The second kappa shape index (κ2) is 11.2. The van der Waals surface area contributed by atoms with Gasteiger partial charge in [-0.3, -0.25) is 19.6 Å². The Morgan fingerprint density at radius 3 is 2.44 bits per heavy atom. The van der Waals surface area contributed by atoms with Crippen molar-refractivity contribution in [2.75, 3.05) is 6.61 Å². The summed E-state index contributed by atoms with van der Waals surface area (Å²) in [5.41, 5.74) is 13.5. The fourth-order valence-electron chi connectivity index (χ4n) is 5.56. The van der Waals surface area contributed by atoms with Crippen LogP contribution in [0.15, 0.2) is 67.3 Å². The maximum atomic E-state index is 13.0. The highest BCUT2D eigenvalue weighted by atomic mass is 16.5. The predicted molar refractivity (Wildman–Crippen MR) is 154 cm³/mol. The molecule has 2 heterocycles. The predicted octanol–water partition coefficient (Wildman–Crippen LogP) is 3.20. The molecule has 0 unspecified atom stereocenters. The summed E-state index contributed by atoms with van der Waals surface area (Å²) in [5, 5.41) is 12.9. The molecule has 214 valence electrons. The van der Waals surface area contributed by atoms with Crippen LogP contribution in [0.3, 0.4) is 0 Å². The molecule has 0 atom stereocenters. The number of nitrogens with zero attached hydrogens (tertiary/aromatic N) is 2. The average molecular weight is 558 g/mol. The monoisotopic (exact) mass is 557 g/mol. The zero-order valence-corrected chi connectivity index (χ0v) is 23.2. The molecule has 2 aromatic heterocycles. The van der Waals surface area contributed by atoms with Crippen molar-refractivity contribution in [1.82, 2.24) is 15.3 Å². The summed E-state index contributed by atoms with van der Waals surface area (Å²) in [4.78, 5) is 33.3. The van der Waals surface area contributed by atoms with Crippen LogP contribution in [-0.4, -0.2) is 51.2 Å². The van der Waals surface area contributed by atoms with E-state index >= 15 is 0 Å². The minimum Gasteiger partial charge on any atom is -0.490 e.